The molecule has 0 radical (unpaired) electrons. The lowest BCUT2D eigenvalue weighted by Crippen LogP contribution is -2.20. The number of rotatable bonds is 6. The van der Waals surface area contributed by atoms with Gasteiger partial charge in [0, 0.05) is 12.1 Å². The molecule has 0 spiro atoms. The Labute approximate surface area is 127 Å². The minimum absolute atomic E-state index is 0.162. The molecule has 0 bridgehead atoms. The molecule has 0 unspecified atom stereocenters. The standard InChI is InChI=1S/C17H27N3O/c1-13-11-15(17(18)20-21)7-8-16(13)12-19-10-9-14-5-3-2-4-6-14/h7-8,11,14,19,21H,2-6,9-10,12H2,1H3,(H2,18,20). The molecule has 1 aromatic rings. The van der Waals surface area contributed by atoms with Gasteiger partial charge in [-0.2, -0.15) is 0 Å². The first-order valence-electron chi connectivity index (χ1n) is 7.99. The average Bonchev–Trinajstić information content (AvgIpc) is 2.53. The zero-order chi connectivity index (χ0) is 15.1. The lowest BCUT2D eigenvalue weighted by molar-refractivity contribution is 0.318. The third-order valence-corrected chi connectivity index (χ3v) is 4.52. The van der Waals surface area contributed by atoms with Crippen LogP contribution in [0.25, 0.3) is 0 Å². The van der Waals surface area contributed by atoms with Gasteiger partial charge in [-0.05, 0) is 43.0 Å². The van der Waals surface area contributed by atoms with Crippen molar-refractivity contribution < 1.29 is 5.21 Å². The number of hydrogen-bond acceptors (Lipinski definition) is 3. The Morgan fingerprint density at radius 3 is 2.76 bits per heavy atom. The first-order valence-corrected chi connectivity index (χ1v) is 7.99. The second-order valence-electron chi connectivity index (χ2n) is 6.10. The number of aryl methyl sites for hydroxylation is 1. The monoisotopic (exact) mass is 289 g/mol. The molecule has 1 aliphatic rings. The quantitative estimate of drug-likeness (QED) is 0.248. The molecule has 4 N–H and O–H groups in total. The summed E-state index contributed by atoms with van der Waals surface area (Å²) in [5, 5.41) is 15.3. The van der Waals surface area contributed by atoms with Crippen molar-refractivity contribution in [3.8, 4) is 0 Å². The topological polar surface area (TPSA) is 70.6 Å². The van der Waals surface area contributed by atoms with E-state index in [1.807, 2.05) is 12.1 Å². The van der Waals surface area contributed by atoms with Crippen LogP contribution >= 0.6 is 0 Å². The zero-order valence-corrected chi connectivity index (χ0v) is 12.9. The third kappa shape index (κ3) is 4.74. The van der Waals surface area contributed by atoms with Crippen LogP contribution in [0.1, 0.15) is 55.2 Å². The number of oxime groups is 1. The van der Waals surface area contributed by atoms with Crippen LogP contribution in [0.5, 0.6) is 0 Å². The zero-order valence-electron chi connectivity index (χ0n) is 12.9. The molecule has 0 amide bonds. The second-order valence-corrected chi connectivity index (χ2v) is 6.10. The van der Waals surface area contributed by atoms with Crippen molar-refractivity contribution in [1.82, 2.24) is 5.32 Å². The van der Waals surface area contributed by atoms with Crippen molar-refractivity contribution >= 4 is 5.84 Å². The van der Waals surface area contributed by atoms with E-state index < -0.39 is 0 Å². The van der Waals surface area contributed by atoms with Crippen molar-refractivity contribution in [2.24, 2.45) is 16.8 Å². The van der Waals surface area contributed by atoms with E-state index in [9.17, 15) is 0 Å². The van der Waals surface area contributed by atoms with Gasteiger partial charge in [-0.15, -0.1) is 0 Å². The maximum Gasteiger partial charge on any atom is 0.170 e. The Bertz CT molecular complexity index is 479. The summed E-state index contributed by atoms with van der Waals surface area (Å²) >= 11 is 0. The highest BCUT2D eigenvalue weighted by atomic mass is 16.4. The number of benzene rings is 1. The lowest BCUT2D eigenvalue weighted by Gasteiger charge is -2.21. The van der Waals surface area contributed by atoms with E-state index in [1.54, 1.807) is 0 Å². The predicted octanol–water partition coefficient (Wildman–Crippen LogP) is 3.15. The largest absolute Gasteiger partial charge is 0.409 e. The van der Waals surface area contributed by atoms with Crippen LogP contribution in [0, 0.1) is 12.8 Å². The molecule has 1 aliphatic carbocycles. The van der Waals surface area contributed by atoms with Gasteiger partial charge in [0.25, 0.3) is 0 Å². The maximum atomic E-state index is 8.70. The molecule has 21 heavy (non-hydrogen) atoms. The summed E-state index contributed by atoms with van der Waals surface area (Å²) in [5.74, 6) is 1.09. The third-order valence-electron chi connectivity index (χ3n) is 4.52. The molecule has 0 aromatic heterocycles. The van der Waals surface area contributed by atoms with E-state index in [0.29, 0.717) is 0 Å². The van der Waals surface area contributed by atoms with Crippen molar-refractivity contribution in [2.75, 3.05) is 6.54 Å². The first kappa shape index (κ1) is 15.8. The normalized spacial score (nSPS) is 17.1. The number of nitrogens with one attached hydrogen (secondary N) is 1. The number of nitrogens with two attached hydrogens (primary N) is 1. The molecular formula is C17H27N3O. The van der Waals surface area contributed by atoms with Crippen LogP contribution in [-0.2, 0) is 6.54 Å². The minimum atomic E-state index is 0.162. The van der Waals surface area contributed by atoms with Crippen LogP contribution in [0.2, 0.25) is 0 Å². The van der Waals surface area contributed by atoms with Gasteiger partial charge >= 0.3 is 0 Å². The van der Waals surface area contributed by atoms with Gasteiger partial charge in [0.2, 0.25) is 0 Å². The fourth-order valence-corrected chi connectivity index (χ4v) is 3.12. The summed E-state index contributed by atoms with van der Waals surface area (Å²) in [5.41, 5.74) is 8.81. The number of amidine groups is 1. The lowest BCUT2D eigenvalue weighted by atomic mass is 9.87. The molecule has 116 valence electrons. The Morgan fingerprint density at radius 1 is 1.33 bits per heavy atom. The van der Waals surface area contributed by atoms with Gasteiger partial charge in [0.15, 0.2) is 5.84 Å². The summed E-state index contributed by atoms with van der Waals surface area (Å²) in [6, 6.07) is 5.92. The Hall–Kier alpha value is -1.55. The van der Waals surface area contributed by atoms with Crippen LogP contribution in [0.15, 0.2) is 23.4 Å². The van der Waals surface area contributed by atoms with Gasteiger partial charge in [0.05, 0.1) is 0 Å². The summed E-state index contributed by atoms with van der Waals surface area (Å²) in [4.78, 5) is 0. The Kier molecular flexibility index (Phi) is 6.05. The molecule has 1 aromatic carbocycles. The number of nitrogens with zero attached hydrogens (tertiary/aromatic N) is 1. The molecule has 4 heteroatoms. The number of hydrogen-bond donors (Lipinski definition) is 3. The molecule has 1 saturated carbocycles. The van der Waals surface area contributed by atoms with Crippen LogP contribution in [0.3, 0.4) is 0 Å². The molecule has 1 fully saturated rings. The predicted molar refractivity (Wildman–Crippen MR) is 86.6 cm³/mol. The molecule has 0 saturated heterocycles. The van der Waals surface area contributed by atoms with Gasteiger partial charge in [-0.3, -0.25) is 0 Å². The van der Waals surface area contributed by atoms with Crippen LogP contribution in [-0.4, -0.2) is 17.6 Å². The van der Waals surface area contributed by atoms with E-state index in [2.05, 4.69) is 23.5 Å². The Morgan fingerprint density at radius 2 is 2.10 bits per heavy atom. The van der Waals surface area contributed by atoms with E-state index in [-0.39, 0.29) is 5.84 Å². The second kappa shape index (κ2) is 8.03. The first-order chi connectivity index (χ1) is 10.2. The minimum Gasteiger partial charge on any atom is -0.409 e. The summed E-state index contributed by atoms with van der Waals surface area (Å²) < 4.78 is 0. The molecular weight excluding hydrogens is 262 g/mol. The fourth-order valence-electron chi connectivity index (χ4n) is 3.12. The highest BCUT2D eigenvalue weighted by molar-refractivity contribution is 5.97. The molecule has 0 aliphatic heterocycles. The summed E-state index contributed by atoms with van der Waals surface area (Å²) in [6.07, 6.45) is 8.37. The van der Waals surface area contributed by atoms with Crippen LogP contribution < -0.4 is 11.1 Å². The molecule has 4 nitrogen and oxygen atoms in total. The van der Waals surface area contributed by atoms with Crippen molar-refractivity contribution in [3.05, 3.63) is 34.9 Å². The Balaban J connectivity index is 1.77. The van der Waals surface area contributed by atoms with E-state index >= 15 is 0 Å². The highest BCUT2D eigenvalue weighted by Crippen LogP contribution is 2.25. The summed E-state index contributed by atoms with van der Waals surface area (Å²) in [7, 11) is 0. The molecule has 0 atom stereocenters. The van der Waals surface area contributed by atoms with Gasteiger partial charge in [0.1, 0.15) is 0 Å². The van der Waals surface area contributed by atoms with Gasteiger partial charge in [-0.1, -0.05) is 49.4 Å². The van der Waals surface area contributed by atoms with E-state index in [0.717, 1.165) is 24.6 Å². The molecule has 0 heterocycles. The van der Waals surface area contributed by atoms with Crippen molar-refractivity contribution in [3.63, 3.8) is 0 Å². The average molecular weight is 289 g/mol. The maximum absolute atomic E-state index is 8.70. The van der Waals surface area contributed by atoms with Crippen molar-refractivity contribution in [2.45, 2.75) is 52.0 Å². The molecule has 2 rings (SSSR count). The fraction of sp³-hybridized carbons (Fsp3) is 0.588. The van der Waals surface area contributed by atoms with Crippen LogP contribution in [0.4, 0.5) is 0 Å². The van der Waals surface area contributed by atoms with Crippen molar-refractivity contribution in [1.29, 1.82) is 0 Å². The van der Waals surface area contributed by atoms with Gasteiger partial charge < -0.3 is 16.3 Å². The smallest absolute Gasteiger partial charge is 0.170 e. The van der Waals surface area contributed by atoms with Gasteiger partial charge in [-0.25, -0.2) is 0 Å². The summed E-state index contributed by atoms with van der Waals surface area (Å²) in [6.45, 7) is 4.04. The van der Waals surface area contributed by atoms with E-state index in [1.165, 1.54) is 49.7 Å². The SMILES string of the molecule is Cc1cc(/C(N)=N/O)ccc1CNCCC1CCCCC1. The van der Waals surface area contributed by atoms with E-state index in [4.69, 9.17) is 10.9 Å². The highest BCUT2D eigenvalue weighted by Gasteiger charge is 2.12.